The molecule has 0 saturated carbocycles. The first-order chi connectivity index (χ1) is 8.99. The van der Waals surface area contributed by atoms with E-state index in [1.165, 1.54) is 0 Å². The smallest absolute Gasteiger partial charge is 0.373 e. The van der Waals surface area contributed by atoms with Crippen molar-refractivity contribution in [3.05, 3.63) is 17.1 Å². The van der Waals surface area contributed by atoms with E-state index in [-0.39, 0.29) is 6.42 Å². The second-order valence-corrected chi connectivity index (χ2v) is 4.84. The fourth-order valence-electron chi connectivity index (χ4n) is 2.39. The highest BCUT2D eigenvalue weighted by Crippen LogP contribution is 2.26. The van der Waals surface area contributed by atoms with E-state index < -0.39 is 12.6 Å². The van der Waals surface area contributed by atoms with E-state index in [4.69, 9.17) is 0 Å². The minimum absolute atomic E-state index is 0.147. The number of hydrogen-bond acceptors (Lipinski definition) is 3. The van der Waals surface area contributed by atoms with Gasteiger partial charge in [-0.05, 0) is 25.7 Å². The van der Waals surface area contributed by atoms with Gasteiger partial charge >= 0.3 is 6.18 Å². The van der Waals surface area contributed by atoms with Crippen molar-refractivity contribution in [3.8, 4) is 0 Å². The third kappa shape index (κ3) is 3.81. The summed E-state index contributed by atoms with van der Waals surface area (Å²) < 4.78 is 36.8. The zero-order chi connectivity index (χ0) is 13.9. The number of halogens is 3. The zero-order valence-corrected chi connectivity index (χ0v) is 11.0. The van der Waals surface area contributed by atoms with Gasteiger partial charge in [-0.2, -0.15) is 13.2 Å². The van der Waals surface area contributed by atoms with Crippen LogP contribution in [0.4, 0.5) is 19.0 Å². The Balaban J connectivity index is 2.24. The SMILES string of the molecule is CNc1nc(CCC(F)(F)F)nc2c1CCCCC2. The van der Waals surface area contributed by atoms with Gasteiger partial charge in [0.15, 0.2) is 0 Å². The molecule has 0 radical (unpaired) electrons. The molecule has 0 atom stereocenters. The summed E-state index contributed by atoms with van der Waals surface area (Å²) in [4.78, 5) is 8.56. The molecule has 0 fully saturated rings. The fourth-order valence-corrected chi connectivity index (χ4v) is 2.39. The average molecular weight is 273 g/mol. The van der Waals surface area contributed by atoms with E-state index in [0.717, 1.165) is 43.4 Å². The summed E-state index contributed by atoms with van der Waals surface area (Å²) in [6.45, 7) is 0. The van der Waals surface area contributed by atoms with Crippen LogP contribution in [0.1, 0.15) is 42.8 Å². The summed E-state index contributed by atoms with van der Waals surface area (Å²) in [6, 6.07) is 0. The van der Waals surface area contributed by atoms with Crippen molar-refractivity contribution in [2.24, 2.45) is 0 Å². The summed E-state index contributed by atoms with van der Waals surface area (Å²) in [5, 5.41) is 2.99. The van der Waals surface area contributed by atoms with Gasteiger partial charge in [0, 0.05) is 24.7 Å². The van der Waals surface area contributed by atoms with E-state index in [9.17, 15) is 13.2 Å². The molecule has 106 valence electrons. The highest BCUT2D eigenvalue weighted by atomic mass is 19.4. The molecule has 0 spiro atoms. The summed E-state index contributed by atoms with van der Waals surface area (Å²) in [5.41, 5.74) is 2.00. The van der Waals surface area contributed by atoms with Crippen molar-refractivity contribution in [3.63, 3.8) is 0 Å². The Morgan fingerprint density at radius 3 is 2.53 bits per heavy atom. The maximum atomic E-state index is 12.3. The van der Waals surface area contributed by atoms with Gasteiger partial charge in [-0.15, -0.1) is 0 Å². The third-order valence-corrected chi connectivity index (χ3v) is 3.35. The van der Waals surface area contributed by atoms with Gasteiger partial charge in [0.2, 0.25) is 0 Å². The van der Waals surface area contributed by atoms with Crippen LogP contribution in [0, 0.1) is 0 Å². The maximum Gasteiger partial charge on any atom is 0.389 e. The van der Waals surface area contributed by atoms with Crippen molar-refractivity contribution in [2.45, 2.75) is 51.1 Å². The first-order valence-corrected chi connectivity index (χ1v) is 6.63. The van der Waals surface area contributed by atoms with E-state index in [0.29, 0.717) is 11.6 Å². The van der Waals surface area contributed by atoms with Gasteiger partial charge in [-0.3, -0.25) is 0 Å². The predicted octanol–water partition coefficient (Wildman–Crippen LogP) is 3.28. The Labute approximate surface area is 110 Å². The number of nitrogens with one attached hydrogen (secondary N) is 1. The van der Waals surface area contributed by atoms with Crippen LogP contribution < -0.4 is 5.32 Å². The molecule has 0 aromatic carbocycles. The molecule has 1 N–H and O–H groups in total. The lowest BCUT2D eigenvalue weighted by molar-refractivity contribution is -0.134. The van der Waals surface area contributed by atoms with Crippen LogP contribution in [0.2, 0.25) is 0 Å². The van der Waals surface area contributed by atoms with Crippen LogP contribution in [-0.4, -0.2) is 23.2 Å². The standard InChI is InChI=1S/C13H18F3N3/c1-17-12-9-5-3-2-4-6-10(9)18-11(19-12)7-8-13(14,15)16/h2-8H2,1H3,(H,17,18,19). The Morgan fingerprint density at radius 2 is 1.84 bits per heavy atom. The van der Waals surface area contributed by atoms with Crippen molar-refractivity contribution >= 4 is 5.82 Å². The summed E-state index contributed by atoms with van der Waals surface area (Å²) in [5.74, 6) is 0.992. The van der Waals surface area contributed by atoms with Crippen LogP contribution in [0.25, 0.3) is 0 Å². The van der Waals surface area contributed by atoms with E-state index in [2.05, 4.69) is 15.3 Å². The van der Waals surface area contributed by atoms with Crippen molar-refractivity contribution in [1.82, 2.24) is 9.97 Å². The van der Waals surface area contributed by atoms with Crippen molar-refractivity contribution in [2.75, 3.05) is 12.4 Å². The number of aromatic nitrogens is 2. The summed E-state index contributed by atoms with van der Waals surface area (Å²) in [6.07, 6.45) is -0.150. The molecular weight excluding hydrogens is 255 g/mol. The van der Waals surface area contributed by atoms with Gasteiger partial charge in [0.25, 0.3) is 0 Å². The van der Waals surface area contributed by atoms with E-state index in [1.54, 1.807) is 7.05 Å². The average Bonchev–Trinajstić information content (AvgIpc) is 2.59. The molecule has 1 aliphatic carbocycles. The topological polar surface area (TPSA) is 37.8 Å². The number of aryl methyl sites for hydroxylation is 2. The molecule has 1 aliphatic rings. The van der Waals surface area contributed by atoms with E-state index in [1.807, 2.05) is 0 Å². The fraction of sp³-hybridized carbons (Fsp3) is 0.692. The zero-order valence-electron chi connectivity index (χ0n) is 11.0. The van der Waals surface area contributed by atoms with Crippen molar-refractivity contribution < 1.29 is 13.2 Å². The number of fused-ring (bicyclic) bond motifs is 1. The highest BCUT2D eigenvalue weighted by Gasteiger charge is 2.27. The van der Waals surface area contributed by atoms with Gasteiger partial charge in [0.05, 0.1) is 6.42 Å². The number of nitrogens with zero attached hydrogens (tertiary/aromatic N) is 2. The molecule has 2 rings (SSSR count). The number of alkyl halides is 3. The Morgan fingerprint density at radius 1 is 1.11 bits per heavy atom. The Kier molecular flexibility index (Phi) is 4.27. The summed E-state index contributed by atoms with van der Waals surface area (Å²) in [7, 11) is 1.75. The number of hydrogen-bond donors (Lipinski definition) is 1. The largest absolute Gasteiger partial charge is 0.389 e. The molecular formula is C13H18F3N3. The van der Waals surface area contributed by atoms with Gasteiger partial charge in [0.1, 0.15) is 11.6 Å². The number of anilines is 1. The Bertz CT molecular complexity index is 443. The maximum absolute atomic E-state index is 12.3. The minimum Gasteiger partial charge on any atom is -0.373 e. The van der Waals surface area contributed by atoms with Crippen molar-refractivity contribution in [1.29, 1.82) is 0 Å². The highest BCUT2D eigenvalue weighted by molar-refractivity contribution is 5.46. The van der Waals surface area contributed by atoms with Crippen LogP contribution >= 0.6 is 0 Å². The molecule has 19 heavy (non-hydrogen) atoms. The molecule has 6 heteroatoms. The Hall–Kier alpha value is -1.33. The number of rotatable bonds is 3. The van der Waals surface area contributed by atoms with E-state index >= 15 is 0 Å². The second-order valence-electron chi connectivity index (χ2n) is 4.84. The predicted molar refractivity (Wildman–Crippen MR) is 67.2 cm³/mol. The molecule has 1 heterocycles. The van der Waals surface area contributed by atoms with Crippen LogP contribution in [0.5, 0.6) is 0 Å². The lowest BCUT2D eigenvalue weighted by Crippen LogP contribution is -2.13. The molecule has 1 aromatic heterocycles. The lowest BCUT2D eigenvalue weighted by atomic mass is 10.1. The van der Waals surface area contributed by atoms with Gasteiger partial charge < -0.3 is 5.32 Å². The first kappa shape index (κ1) is 14.1. The van der Waals surface area contributed by atoms with Gasteiger partial charge in [-0.1, -0.05) is 6.42 Å². The normalized spacial score (nSPS) is 15.8. The molecule has 0 saturated heterocycles. The van der Waals surface area contributed by atoms with Crippen LogP contribution in [0.3, 0.4) is 0 Å². The van der Waals surface area contributed by atoms with Crippen LogP contribution in [0.15, 0.2) is 0 Å². The van der Waals surface area contributed by atoms with Gasteiger partial charge in [-0.25, -0.2) is 9.97 Å². The second kappa shape index (κ2) is 5.75. The first-order valence-electron chi connectivity index (χ1n) is 6.63. The molecule has 0 aliphatic heterocycles. The molecule has 1 aromatic rings. The molecule has 0 bridgehead atoms. The quantitative estimate of drug-likeness (QED) is 0.859. The van der Waals surface area contributed by atoms with Crippen LogP contribution in [-0.2, 0) is 19.3 Å². The summed E-state index contributed by atoms with van der Waals surface area (Å²) >= 11 is 0. The minimum atomic E-state index is -4.16. The lowest BCUT2D eigenvalue weighted by Gasteiger charge is -2.13. The molecule has 3 nitrogen and oxygen atoms in total. The molecule has 0 unspecified atom stereocenters. The third-order valence-electron chi connectivity index (χ3n) is 3.35. The molecule has 0 amide bonds. The monoisotopic (exact) mass is 273 g/mol.